The van der Waals surface area contributed by atoms with Gasteiger partial charge in [-0.05, 0) is 39.7 Å². The predicted octanol–water partition coefficient (Wildman–Crippen LogP) is 2.82. The van der Waals surface area contributed by atoms with Crippen LogP contribution >= 0.6 is 39.5 Å². The molecule has 112 valence electrons. The van der Waals surface area contributed by atoms with E-state index in [1.54, 1.807) is 24.3 Å². The summed E-state index contributed by atoms with van der Waals surface area (Å²) in [5, 5.41) is 1.91. The van der Waals surface area contributed by atoms with Crippen molar-refractivity contribution in [1.82, 2.24) is 4.72 Å². The number of sulfonamides is 1. The molecule has 0 unspecified atom stereocenters. The Bertz CT molecular complexity index is 739. The smallest absolute Gasteiger partial charge is 0.240 e. The molecular formula is C13H13BrN2O2S3. The predicted molar refractivity (Wildman–Crippen MR) is 93.0 cm³/mol. The van der Waals surface area contributed by atoms with Crippen molar-refractivity contribution < 1.29 is 8.42 Å². The molecule has 0 aliphatic heterocycles. The van der Waals surface area contributed by atoms with E-state index in [2.05, 4.69) is 20.7 Å². The van der Waals surface area contributed by atoms with E-state index in [0.717, 1.165) is 14.9 Å². The Hall–Kier alpha value is -0.800. The van der Waals surface area contributed by atoms with Crippen LogP contribution in [0.25, 0.3) is 0 Å². The van der Waals surface area contributed by atoms with Crippen molar-refractivity contribution in [3.63, 3.8) is 0 Å². The minimum Gasteiger partial charge on any atom is -0.393 e. The standard InChI is InChI=1S/C13H13BrN2O2S3/c14-10-6-11(20-8-10)7-16-21(17,18)12-3-1-9(2-4-12)5-13(15)19/h1-4,6,8,16H,5,7H2,(H2,15,19). The molecule has 0 aliphatic carbocycles. The van der Waals surface area contributed by atoms with Crippen molar-refractivity contribution in [2.45, 2.75) is 17.9 Å². The third kappa shape index (κ3) is 4.86. The highest BCUT2D eigenvalue weighted by Gasteiger charge is 2.14. The van der Waals surface area contributed by atoms with Gasteiger partial charge in [0.1, 0.15) is 0 Å². The average Bonchev–Trinajstić information content (AvgIpc) is 2.82. The van der Waals surface area contributed by atoms with E-state index in [1.165, 1.54) is 11.3 Å². The van der Waals surface area contributed by atoms with Gasteiger partial charge in [-0.25, -0.2) is 13.1 Å². The van der Waals surface area contributed by atoms with Gasteiger partial charge in [-0.15, -0.1) is 11.3 Å². The molecule has 0 amide bonds. The largest absolute Gasteiger partial charge is 0.393 e. The van der Waals surface area contributed by atoms with E-state index in [1.807, 2.05) is 11.4 Å². The van der Waals surface area contributed by atoms with Crippen molar-refractivity contribution >= 4 is 54.5 Å². The molecule has 2 aromatic rings. The van der Waals surface area contributed by atoms with Crippen LogP contribution in [-0.2, 0) is 23.0 Å². The topological polar surface area (TPSA) is 72.2 Å². The first-order chi connectivity index (χ1) is 9.87. The van der Waals surface area contributed by atoms with Crippen LogP contribution in [0.1, 0.15) is 10.4 Å². The van der Waals surface area contributed by atoms with Gasteiger partial charge >= 0.3 is 0 Å². The van der Waals surface area contributed by atoms with Gasteiger partial charge in [0.25, 0.3) is 0 Å². The zero-order valence-corrected chi connectivity index (χ0v) is 14.9. The molecule has 21 heavy (non-hydrogen) atoms. The fourth-order valence-electron chi connectivity index (χ4n) is 1.68. The lowest BCUT2D eigenvalue weighted by atomic mass is 10.1. The number of hydrogen-bond donors (Lipinski definition) is 2. The van der Waals surface area contributed by atoms with Crippen molar-refractivity contribution in [3.05, 3.63) is 50.6 Å². The van der Waals surface area contributed by atoms with Gasteiger partial charge < -0.3 is 5.73 Å². The zero-order chi connectivity index (χ0) is 15.5. The number of thiophene rings is 1. The molecule has 0 radical (unpaired) electrons. The fraction of sp³-hybridized carbons (Fsp3) is 0.154. The van der Waals surface area contributed by atoms with Crippen LogP contribution in [0, 0.1) is 0 Å². The maximum absolute atomic E-state index is 12.2. The minimum absolute atomic E-state index is 0.227. The molecule has 0 saturated carbocycles. The second-order valence-electron chi connectivity index (χ2n) is 4.34. The Morgan fingerprint density at radius 1 is 1.33 bits per heavy atom. The second kappa shape index (κ2) is 6.97. The first kappa shape index (κ1) is 16.6. The van der Waals surface area contributed by atoms with E-state index in [-0.39, 0.29) is 11.4 Å². The van der Waals surface area contributed by atoms with Crippen molar-refractivity contribution in [3.8, 4) is 0 Å². The third-order valence-electron chi connectivity index (χ3n) is 2.67. The Kier molecular flexibility index (Phi) is 5.50. The zero-order valence-electron chi connectivity index (χ0n) is 10.9. The molecule has 3 N–H and O–H groups in total. The van der Waals surface area contributed by atoms with Crippen LogP contribution < -0.4 is 10.5 Å². The molecule has 1 aromatic heterocycles. The quantitative estimate of drug-likeness (QED) is 0.725. The number of halogens is 1. The summed E-state index contributed by atoms with van der Waals surface area (Å²) in [7, 11) is -3.52. The summed E-state index contributed by atoms with van der Waals surface area (Å²) in [4.78, 5) is 1.55. The lowest BCUT2D eigenvalue weighted by Crippen LogP contribution is -2.22. The van der Waals surface area contributed by atoms with Crippen molar-refractivity contribution in [1.29, 1.82) is 0 Å². The number of benzene rings is 1. The number of rotatable bonds is 6. The van der Waals surface area contributed by atoms with Crippen LogP contribution in [0.5, 0.6) is 0 Å². The molecule has 0 fully saturated rings. The first-order valence-electron chi connectivity index (χ1n) is 5.96. The summed E-state index contributed by atoms with van der Waals surface area (Å²) in [6.45, 7) is 0.271. The molecule has 0 aliphatic rings. The van der Waals surface area contributed by atoms with Crippen molar-refractivity contribution in [2.75, 3.05) is 0 Å². The molecule has 0 spiro atoms. The van der Waals surface area contributed by atoms with Gasteiger partial charge in [0.2, 0.25) is 10.0 Å². The lowest BCUT2D eigenvalue weighted by Gasteiger charge is -2.06. The highest BCUT2D eigenvalue weighted by atomic mass is 79.9. The highest BCUT2D eigenvalue weighted by Crippen LogP contribution is 2.20. The number of nitrogens with two attached hydrogens (primary N) is 1. The maximum atomic E-state index is 12.2. The second-order valence-corrected chi connectivity index (χ2v) is 8.55. The number of hydrogen-bond acceptors (Lipinski definition) is 4. The summed E-state index contributed by atoms with van der Waals surface area (Å²) >= 11 is 9.66. The Morgan fingerprint density at radius 2 is 2.00 bits per heavy atom. The van der Waals surface area contributed by atoms with Crippen LogP contribution in [0.3, 0.4) is 0 Å². The molecule has 0 saturated heterocycles. The lowest BCUT2D eigenvalue weighted by molar-refractivity contribution is 0.582. The van der Waals surface area contributed by atoms with E-state index in [4.69, 9.17) is 18.0 Å². The van der Waals surface area contributed by atoms with Crippen LogP contribution in [-0.4, -0.2) is 13.4 Å². The van der Waals surface area contributed by atoms with Gasteiger partial charge in [0.05, 0.1) is 9.88 Å². The Balaban J connectivity index is 2.06. The monoisotopic (exact) mass is 404 g/mol. The molecule has 1 aromatic carbocycles. The normalized spacial score (nSPS) is 11.5. The van der Waals surface area contributed by atoms with Crippen LogP contribution in [0.15, 0.2) is 45.1 Å². The van der Waals surface area contributed by atoms with Crippen LogP contribution in [0.2, 0.25) is 0 Å². The molecular weight excluding hydrogens is 392 g/mol. The minimum atomic E-state index is -3.52. The van der Waals surface area contributed by atoms with E-state index in [9.17, 15) is 8.42 Å². The Morgan fingerprint density at radius 3 is 2.52 bits per heavy atom. The molecule has 1 heterocycles. The highest BCUT2D eigenvalue weighted by molar-refractivity contribution is 9.10. The third-order valence-corrected chi connectivity index (χ3v) is 5.93. The summed E-state index contributed by atoms with van der Waals surface area (Å²) in [6.07, 6.45) is 0.465. The van der Waals surface area contributed by atoms with Crippen LogP contribution in [0.4, 0.5) is 0 Å². The molecule has 0 atom stereocenters. The number of thiocarbonyl (C=S) groups is 1. The maximum Gasteiger partial charge on any atom is 0.240 e. The Labute approximate surface area is 141 Å². The van der Waals surface area contributed by atoms with Gasteiger partial charge in [-0.3, -0.25) is 0 Å². The van der Waals surface area contributed by atoms with Crippen molar-refractivity contribution in [2.24, 2.45) is 5.73 Å². The summed E-state index contributed by atoms with van der Waals surface area (Å²) in [6, 6.07) is 8.43. The first-order valence-corrected chi connectivity index (χ1v) is 9.53. The molecule has 8 heteroatoms. The molecule has 2 rings (SSSR count). The van der Waals surface area contributed by atoms with Gasteiger partial charge in [-0.1, -0.05) is 24.4 Å². The van der Waals surface area contributed by atoms with Gasteiger partial charge in [0.15, 0.2) is 0 Å². The number of nitrogens with one attached hydrogen (secondary N) is 1. The van der Waals surface area contributed by atoms with Gasteiger partial charge in [0, 0.05) is 27.7 Å². The summed E-state index contributed by atoms with van der Waals surface area (Å²) in [5.41, 5.74) is 6.35. The average molecular weight is 405 g/mol. The van der Waals surface area contributed by atoms with E-state index in [0.29, 0.717) is 11.4 Å². The SMILES string of the molecule is NC(=S)Cc1ccc(S(=O)(=O)NCc2cc(Br)cs2)cc1. The van der Waals surface area contributed by atoms with Gasteiger partial charge in [-0.2, -0.15) is 0 Å². The van der Waals surface area contributed by atoms with E-state index >= 15 is 0 Å². The summed E-state index contributed by atoms with van der Waals surface area (Å²) < 4.78 is 27.9. The summed E-state index contributed by atoms with van der Waals surface area (Å²) in [5.74, 6) is 0. The fourth-order valence-corrected chi connectivity index (χ4v) is 4.34. The van der Waals surface area contributed by atoms with E-state index < -0.39 is 10.0 Å². The molecule has 4 nitrogen and oxygen atoms in total. The molecule has 0 bridgehead atoms.